The van der Waals surface area contributed by atoms with Gasteiger partial charge in [0.25, 0.3) is 0 Å². The number of rotatable bonds is 4. The largest absolute Gasteiger partial charge is 0.493 e. The van der Waals surface area contributed by atoms with Gasteiger partial charge >= 0.3 is 0 Å². The Balaban J connectivity index is 2.41. The van der Waals surface area contributed by atoms with Crippen molar-refractivity contribution in [2.45, 2.75) is 0 Å². The van der Waals surface area contributed by atoms with Crippen molar-refractivity contribution in [3.63, 3.8) is 0 Å². The molecule has 0 aliphatic carbocycles. The fraction of sp³-hybridized carbons (Fsp3) is 0.118. The number of benzene rings is 2. The highest BCUT2D eigenvalue weighted by molar-refractivity contribution is 6.30. The maximum atomic E-state index is 9.33. The van der Waals surface area contributed by atoms with E-state index in [2.05, 4.69) is 6.07 Å². The summed E-state index contributed by atoms with van der Waals surface area (Å²) in [4.78, 5) is 0. The summed E-state index contributed by atoms with van der Waals surface area (Å²) in [6.45, 7) is 0. The van der Waals surface area contributed by atoms with E-state index in [1.807, 2.05) is 30.3 Å². The number of methoxy groups -OCH3 is 2. The molecule has 0 N–H and O–H groups in total. The van der Waals surface area contributed by atoms with Gasteiger partial charge in [0.1, 0.15) is 0 Å². The van der Waals surface area contributed by atoms with Crippen molar-refractivity contribution >= 4 is 23.3 Å². The highest BCUT2D eigenvalue weighted by Gasteiger charge is 2.05. The Kier molecular flexibility index (Phi) is 4.86. The molecule has 2 rings (SSSR count). The van der Waals surface area contributed by atoms with Gasteiger partial charge in [-0.3, -0.25) is 0 Å². The molecule has 106 valence electrons. The molecule has 2 aromatic carbocycles. The smallest absolute Gasteiger partial charge is 0.161 e. The van der Waals surface area contributed by atoms with Crippen LogP contribution in [0.4, 0.5) is 0 Å². The summed E-state index contributed by atoms with van der Waals surface area (Å²) in [6.07, 6.45) is 1.80. The van der Waals surface area contributed by atoms with Gasteiger partial charge in [0.2, 0.25) is 0 Å². The monoisotopic (exact) mass is 299 g/mol. The highest BCUT2D eigenvalue weighted by atomic mass is 35.5. The van der Waals surface area contributed by atoms with Crippen LogP contribution in [0.1, 0.15) is 11.1 Å². The molecule has 3 nitrogen and oxygen atoms in total. The van der Waals surface area contributed by atoms with Crippen LogP contribution in [-0.4, -0.2) is 14.2 Å². The maximum Gasteiger partial charge on any atom is 0.161 e. The van der Waals surface area contributed by atoms with Gasteiger partial charge in [-0.05, 0) is 41.5 Å². The number of hydrogen-bond acceptors (Lipinski definition) is 3. The molecule has 0 unspecified atom stereocenters. The van der Waals surface area contributed by atoms with Crippen molar-refractivity contribution in [1.82, 2.24) is 0 Å². The molecule has 0 heterocycles. The first-order valence-electron chi connectivity index (χ1n) is 6.27. The zero-order valence-corrected chi connectivity index (χ0v) is 12.5. The van der Waals surface area contributed by atoms with Crippen LogP contribution in [0.15, 0.2) is 42.5 Å². The summed E-state index contributed by atoms with van der Waals surface area (Å²) in [5.74, 6) is 1.28. The van der Waals surface area contributed by atoms with E-state index in [1.54, 1.807) is 32.4 Å². The third-order valence-electron chi connectivity index (χ3n) is 2.99. The average molecular weight is 300 g/mol. The number of allylic oxidation sites excluding steroid dienone is 1. The van der Waals surface area contributed by atoms with Crippen LogP contribution in [0.3, 0.4) is 0 Å². The summed E-state index contributed by atoms with van der Waals surface area (Å²) in [5, 5.41) is 9.97. The zero-order valence-electron chi connectivity index (χ0n) is 11.8. The lowest BCUT2D eigenvalue weighted by molar-refractivity contribution is 0.355. The van der Waals surface area contributed by atoms with Crippen LogP contribution in [-0.2, 0) is 0 Å². The fourth-order valence-electron chi connectivity index (χ4n) is 1.92. The van der Waals surface area contributed by atoms with Gasteiger partial charge in [-0.2, -0.15) is 5.26 Å². The minimum Gasteiger partial charge on any atom is -0.493 e. The van der Waals surface area contributed by atoms with Gasteiger partial charge < -0.3 is 9.47 Å². The van der Waals surface area contributed by atoms with Gasteiger partial charge in [-0.25, -0.2) is 0 Å². The SMILES string of the molecule is COc1ccc(/C=C(\C#N)c2ccc(Cl)cc2)cc1OC. The Bertz CT molecular complexity index is 700. The van der Waals surface area contributed by atoms with Crippen LogP contribution in [0, 0.1) is 11.3 Å². The molecule has 0 radical (unpaired) electrons. The second kappa shape index (κ2) is 6.83. The summed E-state index contributed by atoms with van der Waals surface area (Å²) >= 11 is 5.86. The lowest BCUT2D eigenvalue weighted by Gasteiger charge is -2.08. The predicted molar refractivity (Wildman–Crippen MR) is 84.5 cm³/mol. The van der Waals surface area contributed by atoms with Crippen LogP contribution in [0.25, 0.3) is 11.6 Å². The molecule has 0 saturated carbocycles. The van der Waals surface area contributed by atoms with Crippen LogP contribution in [0.2, 0.25) is 5.02 Å². The Morgan fingerprint density at radius 2 is 1.71 bits per heavy atom. The van der Waals surface area contributed by atoms with E-state index in [0.29, 0.717) is 22.1 Å². The van der Waals surface area contributed by atoms with E-state index in [0.717, 1.165) is 11.1 Å². The van der Waals surface area contributed by atoms with Gasteiger partial charge in [0, 0.05) is 5.02 Å². The number of halogens is 1. The van der Waals surface area contributed by atoms with E-state index in [4.69, 9.17) is 21.1 Å². The Morgan fingerprint density at radius 3 is 2.29 bits per heavy atom. The van der Waals surface area contributed by atoms with Crippen LogP contribution < -0.4 is 9.47 Å². The van der Waals surface area contributed by atoms with Crippen molar-refractivity contribution < 1.29 is 9.47 Å². The Morgan fingerprint density at radius 1 is 1.05 bits per heavy atom. The molecule has 0 atom stereocenters. The van der Waals surface area contributed by atoms with E-state index in [1.165, 1.54) is 0 Å². The van der Waals surface area contributed by atoms with Crippen molar-refractivity contribution in [2.24, 2.45) is 0 Å². The summed E-state index contributed by atoms with van der Waals surface area (Å²) in [6, 6.07) is 14.9. The molecule has 4 heteroatoms. The summed E-state index contributed by atoms with van der Waals surface area (Å²) < 4.78 is 10.5. The third kappa shape index (κ3) is 3.56. The first-order valence-corrected chi connectivity index (χ1v) is 6.65. The van der Waals surface area contributed by atoms with E-state index in [9.17, 15) is 5.26 Å². The second-order valence-electron chi connectivity index (χ2n) is 4.29. The molecular formula is C17H14ClNO2. The number of ether oxygens (including phenoxy) is 2. The molecule has 0 aromatic heterocycles. The van der Waals surface area contributed by atoms with Gasteiger partial charge in [-0.1, -0.05) is 29.8 Å². The lowest BCUT2D eigenvalue weighted by atomic mass is 10.0. The number of hydrogen-bond donors (Lipinski definition) is 0. The molecule has 2 aromatic rings. The summed E-state index contributed by atoms with van der Waals surface area (Å²) in [5.41, 5.74) is 2.23. The molecule has 0 saturated heterocycles. The molecule has 0 aliphatic heterocycles. The minimum atomic E-state index is 0.555. The second-order valence-corrected chi connectivity index (χ2v) is 4.73. The third-order valence-corrected chi connectivity index (χ3v) is 3.25. The van der Waals surface area contributed by atoms with Crippen LogP contribution >= 0.6 is 11.6 Å². The first kappa shape index (κ1) is 15.0. The van der Waals surface area contributed by atoms with Crippen molar-refractivity contribution in [3.8, 4) is 17.6 Å². The van der Waals surface area contributed by atoms with E-state index in [-0.39, 0.29) is 0 Å². The molecule has 0 fully saturated rings. The molecule has 0 aliphatic rings. The van der Waals surface area contributed by atoms with Gasteiger partial charge in [0.05, 0.1) is 25.9 Å². The highest BCUT2D eigenvalue weighted by Crippen LogP contribution is 2.29. The Labute approximate surface area is 129 Å². The molecule has 0 amide bonds. The molecule has 21 heavy (non-hydrogen) atoms. The van der Waals surface area contributed by atoms with Crippen molar-refractivity contribution in [3.05, 3.63) is 58.6 Å². The van der Waals surface area contributed by atoms with Crippen LogP contribution in [0.5, 0.6) is 11.5 Å². The molecule has 0 bridgehead atoms. The lowest BCUT2D eigenvalue weighted by Crippen LogP contribution is -1.90. The number of nitriles is 1. The first-order chi connectivity index (χ1) is 10.2. The van der Waals surface area contributed by atoms with E-state index < -0.39 is 0 Å². The quantitative estimate of drug-likeness (QED) is 0.620. The van der Waals surface area contributed by atoms with Gasteiger partial charge in [0.15, 0.2) is 11.5 Å². The molecule has 0 spiro atoms. The standard InChI is InChI=1S/C17H14ClNO2/c1-20-16-8-3-12(10-17(16)21-2)9-14(11-19)13-4-6-15(18)7-5-13/h3-10H,1-2H3/b14-9+. The van der Waals surface area contributed by atoms with E-state index >= 15 is 0 Å². The Hall–Kier alpha value is -2.44. The predicted octanol–water partition coefficient (Wildman–Crippen LogP) is 4.42. The van der Waals surface area contributed by atoms with Crippen molar-refractivity contribution in [1.29, 1.82) is 5.26 Å². The molecular weight excluding hydrogens is 286 g/mol. The van der Waals surface area contributed by atoms with Crippen molar-refractivity contribution in [2.75, 3.05) is 14.2 Å². The zero-order chi connectivity index (χ0) is 15.2. The fourth-order valence-corrected chi connectivity index (χ4v) is 2.04. The average Bonchev–Trinajstić information content (AvgIpc) is 2.53. The topological polar surface area (TPSA) is 42.2 Å². The summed E-state index contributed by atoms with van der Waals surface area (Å²) in [7, 11) is 3.16. The van der Waals surface area contributed by atoms with Gasteiger partial charge in [-0.15, -0.1) is 0 Å². The maximum absolute atomic E-state index is 9.33. The minimum absolute atomic E-state index is 0.555. The normalized spacial score (nSPS) is 10.9. The number of nitrogens with zero attached hydrogens (tertiary/aromatic N) is 1.